The van der Waals surface area contributed by atoms with Crippen LogP contribution in [0.25, 0.3) is 0 Å². The van der Waals surface area contributed by atoms with Crippen LogP contribution in [0.5, 0.6) is 5.75 Å². The summed E-state index contributed by atoms with van der Waals surface area (Å²) in [5.41, 5.74) is 0.726. The highest BCUT2D eigenvalue weighted by molar-refractivity contribution is 6.34. The van der Waals surface area contributed by atoms with E-state index in [0.29, 0.717) is 18.0 Å². The Morgan fingerprint density at radius 2 is 1.63 bits per heavy atom. The Labute approximate surface area is 173 Å². The fraction of sp³-hybridized carbons (Fsp3) is 0.273. The van der Waals surface area contributed by atoms with Crippen LogP contribution >= 0.6 is 0 Å². The van der Waals surface area contributed by atoms with E-state index in [1.165, 1.54) is 18.2 Å². The van der Waals surface area contributed by atoms with Crippen molar-refractivity contribution in [1.82, 2.24) is 0 Å². The first-order valence-corrected chi connectivity index (χ1v) is 9.44. The fourth-order valence-electron chi connectivity index (χ4n) is 2.97. The van der Waals surface area contributed by atoms with Gasteiger partial charge < -0.3 is 14.2 Å². The molecule has 1 aliphatic heterocycles. The van der Waals surface area contributed by atoms with Crippen LogP contribution in [-0.4, -0.2) is 43.1 Å². The van der Waals surface area contributed by atoms with Gasteiger partial charge in [0.1, 0.15) is 5.75 Å². The van der Waals surface area contributed by atoms with Crippen molar-refractivity contribution in [3.8, 4) is 5.75 Å². The molecule has 0 radical (unpaired) electrons. The van der Waals surface area contributed by atoms with E-state index >= 15 is 0 Å². The highest BCUT2D eigenvalue weighted by Gasteiger charge is 2.37. The maximum absolute atomic E-state index is 12.8. The number of carbonyl (C=O) groups excluding carboxylic acids is 4. The fourth-order valence-corrected chi connectivity index (χ4v) is 2.97. The molecule has 2 aromatic carbocycles. The number of carbonyl (C=O) groups is 4. The zero-order valence-electron chi connectivity index (χ0n) is 16.8. The van der Waals surface area contributed by atoms with E-state index in [4.69, 9.17) is 14.2 Å². The molecule has 0 spiro atoms. The van der Waals surface area contributed by atoms with Crippen molar-refractivity contribution in [1.29, 1.82) is 0 Å². The van der Waals surface area contributed by atoms with Gasteiger partial charge in [0.2, 0.25) is 0 Å². The van der Waals surface area contributed by atoms with Crippen molar-refractivity contribution in [3.63, 3.8) is 0 Å². The van der Waals surface area contributed by atoms with E-state index in [0.717, 1.165) is 4.90 Å². The van der Waals surface area contributed by atoms with E-state index in [2.05, 4.69) is 0 Å². The monoisotopic (exact) mass is 411 g/mol. The molecule has 3 rings (SSSR count). The van der Waals surface area contributed by atoms with Gasteiger partial charge in [-0.3, -0.25) is 9.59 Å². The average molecular weight is 411 g/mol. The van der Waals surface area contributed by atoms with Crippen LogP contribution in [0.2, 0.25) is 0 Å². The molecule has 2 amide bonds. The Balaban J connectivity index is 1.76. The van der Waals surface area contributed by atoms with E-state index in [1.54, 1.807) is 38.1 Å². The Bertz CT molecular complexity index is 995. The van der Waals surface area contributed by atoms with Crippen LogP contribution in [0.3, 0.4) is 0 Å². The number of amides is 2. The normalized spacial score (nSPS) is 12.7. The van der Waals surface area contributed by atoms with Gasteiger partial charge in [-0.05, 0) is 63.2 Å². The van der Waals surface area contributed by atoms with E-state index in [1.807, 2.05) is 6.92 Å². The first-order valence-electron chi connectivity index (χ1n) is 9.44. The zero-order valence-corrected chi connectivity index (χ0v) is 16.8. The van der Waals surface area contributed by atoms with Crippen molar-refractivity contribution < 1.29 is 33.4 Å². The lowest BCUT2D eigenvalue weighted by molar-refractivity contribution is -0.150. The molecule has 0 saturated carbocycles. The minimum atomic E-state index is -0.793. The summed E-state index contributed by atoms with van der Waals surface area (Å²) in [6, 6.07) is 10.6. The van der Waals surface area contributed by atoms with Crippen molar-refractivity contribution in [3.05, 3.63) is 59.2 Å². The Hall–Kier alpha value is -3.68. The van der Waals surface area contributed by atoms with E-state index in [-0.39, 0.29) is 22.8 Å². The highest BCUT2D eigenvalue weighted by Crippen LogP contribution is 2.30. The number of nitrogens with zero attached hydrogens (tertiary/aromatic N) is 1. The lowest BCUT2D eigenvalue weighted by Crippen LogP contribution is -2.29. The zero-order chi connectivity index (χ0) is 21.8. The minimum Gasteiger partial charge on any atom is -0.494 e. The van der Waals surface area contributed by atoms with Crippen LogP contribution in [0.1, 0.15) is 51.8 Å². The number of benzene rings is 2. The molecule has 8 heteroatoms. The SMILES string of the molecule is CCOc1ccc(N2C(=O)c3ccc(C(=O)OCC(=O)OC(C)C)cc3C2=O)cc1. The number of ether oxygens (including phenoxy) is 3. The van der Waals surface area contributed by atoms with Crippen LogP contribution in [0, 0.1) is 0 Å². The average Bonchev–Trinajstić information content (AvgIpc) is 2.96. The third-order valence-electron chi connectivity index (χ3n) is 4.22. The molecule has 30 heavy (non-hydrogen) atoms. The maximum atomic E-state index is 12.8. The second-order valence-corrected chi connectivity index (χ2v) is 6.75. The standard InChI is InChI=1S/C22H21NO7/c1-4-28-16-8-6-15(7-9-16)23-20(25)17-10-5-14(11-18(17)21(23)26)22(27)29-12-19(24)30-13(2)3/h5-11,13H,4,12H2,1-3H3. The summed E-state index contributed by atoms with van der Waals surface area (Å²) in [4.78, 5) is 50.3. The summed E-state index contributed by atoms with van der Waals surface area (Å²) >= 11 is 0. The van der Waals surface area contributed by atoms with Crippen LogP contribution in [-0.2, 0) is 14.3 Å². The number of rotatable bonds is 7. The summed E-state index contributed by atoms with van der Waals surface area (Å²) in [6.45, 7) is 5.17. The molecule has 156 valence electrons. The lowest BCUT2D eigenvalue weighted by Gasteiger charge is -2.14. The first kappa shape index (κ1) is 21.0. The Morgan fingerprint density at radius 3 is 2.27 bits per heavy atom. The lowest BCUT2D eigenvalue weighted by atomic mass is 10.1. The van der Waals surface area contributed by atoms with Crippen molar-refractivity contribution in [2.75, 3.05) is 18.1 Å². The first-order chi connectivity index (χ1) is 14.3. The van der Waals surface area contributed by atoms with Crippen molar-refractivity contribution in [2.24, 2.45) is 0 Å². The molecule has 8 nitrogen and oxygen atoms in total. The number of esters is 2. The number of hydrogen-bond acceptors (Lipinski definition) is 7. The van der Waals surface area contributed by atoms with Gasteiger partial charge in [0, 0.05) is 0 Å². The summed E-state index contributed by atoms with van der Waals surface area (Å²) in [5, 5.41) is 0. The maximum Gasteiger partial charge on any atom is 0.344 e. The van der Waals surface area contributed by atoms with Gasteiger partial charge in [0.15, 0.2) is 6.61 Å². The molecular weight excluding hydrogens is 390 g/mol. The molecule has 2 aromatic rings. The van der Waals surface area contributed by atoms with Crippen molar-refractivity contribution >= 4 is 29.4 Å². The largest absolute Gasteiger partial charge is 0.494 e. The van der Waals surface area contributed by atoms with Crippen LogP contribution in [0.4, 0.5) is 5.69 Å². The highest BCUT2D eigenvalue weighted by atomic mass is 16.6. The van der Waals surface area contributed by atoms with E-state index in [9.17, 15) is 19.2 Å². The quantitative estimate of drug-likeness (QED) is 0.510. The molecule has 0 fully saturated rings. The summed E-state index contributed by atoms with van der Waals surface area (Å²) in [6.07, 6.45) is -0.326. The third kappa shape index (κ3) is 4.32. The summed E-state index contributed by atoms with van der Waals surface area (Å²) < 4.78 is 15.2. The van der Waals surface area contributed by atoms with Gasteiger partial charge in [0.25, 0.3) is 11.8 Å². The van der Waals surface area contributed by atoms with E-state index < -0.39 is 30.4 Å². The molecule has 0 atom stereocenters. The molecular formula is C22H21NO7. The molecule has 0 bridgehead atoms. The topological polar surface area (TPSA) is 99.2 Å². The van der Waals surface area contributed by atoms with Gasteiger partial charge in [-0.2, -0.15) is 0 Å². The second-order valence-electron chi connectivity index (χ2n) is 6.75. The van der Waals surface area contributed by atoms with Gasteiger partial charge in [0.05, 0.1) is 35.1 Å². The predicted octanol–water partition coefficient (Wildman–Crippen LogP) is 2.99. The summed E-state index contributed by atoms with van der Waals surface area (Å²) in [5.74, 6) is -1.88. The number of hydrogen-bond donors (Lipinski definition) is 0. The van der Waals surface area contributed by atoms with Gasteiger partial charge in [-0.25, -0.2) is 14.5 Å². The molecule has 1 heterocycles. The third-order valence-corrected chi connectivity index (χ3v) is 4.22. The van der Waals surface area contributed by atoms with Gasteiger partial charge >= 0.3 is 11.9 Å². The smallest absolute Gasteiger partial charge is 0.344 e. The van der Waals surface area contributed by atoms with Gasteiger partial charge in [-0.15, -0.1) is 0 Å². The predicted molar refractivity (Wildman–Crippen MR) is 107 cm³/mol. The molecule has 0 saturated heterocycles. The molecule has 0 aliphatic carbocycles. The Morgan fingerprint density at radius 1 is 0.967 bits per heavy atom. The number of anilines is 1. The Kier molecular flexibility index (Phi) is 6.15. The molecule has 1 aliphatic rings. The number of imide groups is 1. The van der Waals surface area contributed by atoms with Crippen LogP contribution < -0.4 is 9.64 Å². The molecule has 0 aromatic heterocycles. The molecule has 0 N–H and O–H groups in total. The summed E-state index contributed by atoms with van der Waals surface area (Å²) in [7, 11) is 0. The van der Waals surface area contributed by atoms with Gasteiger partial charge in [-0.1, -0.05) is 0 Å². The minimum absolute atomic E-state index is 0.0563. The molecule has 0 unspecified atom stereocenters. The van der Waals surface area contributed by atoms with Crippen molar-refractivity contribution in [2.45, 2.75) is 26.9 Å². The second kappa shape index (κ2) is 8.77. The van der Waals surface area contributed by atoms with Crippen LogP contribution in [0.15, 0.2) is 42.5 Å². The number of fused-ring (bicyclic) bond motifs is 1.